The summed E-state index contributed by atoms with van der Waals surface area (Å²) < 4.78 is 6.66. The van der Waals surface area contributed by atoms with Crippen LogP contribution in [0.3, 0.4) is 0 Å². The summed E-state index contributed by atoms with van der Waals surface area (Å²) in [5.41, 5.74) is 6.51. The molecule has 0 bridgehead atoms. The van der Waals surface area contributed by atoms with Crippen LogP contribution in [-0.4, -0.2) is 27.7 Å². The molecule has 7 heteroatoms. The van der Waals surface area contributed by atoms with Crippen LogP contribution < -0.4 is 5.73 Å². The zero-order chi connectivity index (χ0) is 11.0. The van der Waals surface area contributed by atoms with Crippen LogP contribution in [-0.2, 0) is 4.74 Å². The zero-order valence-corrected chi connectivity index (χ0v) is 9.35. The number of aromatic nitrogens is 3. The lowest BCUT2D eigenvalue weighted by Gasteiger charge is -2.00. The van der Waals surface area contributed by atoms with E-state index in [0.29, 0.717) is 21.5 Å². The number of carbonyl (C=O) groups is 1. The van der Waals surface area contributed by atoms with E-state index in [-0.39, 0.29) is 0 Å². The third kappa shape index (κ3) is 1.44. The van der Waals surface area contributed by atoms with E-state index in [4.69, 9.17) is 5.73 Å². The van der Waals surface area contributed by atoms with E-state index < -0.39 is 5.97 Å². The molecule has 0 atom stereocenters. The van der Waals surface area contributed by atoms with Crippen molar-refractivity contribution in [1.29, 1.82) is 0 Å². The number of ether oxygens (including phenoxy) is 1. The first-order chi connectivity index (χ1) is 7.15. The summed E-state index contributed by atoms with van der Waals surface area (Å²) in [7, 11) is 1.31. The fraction of sp³-hybridized carbons (Fsp3) is 0.125. The number of esters is 1. The molecule has 0 unspecified atom stereocenters. The molecule has 78 valence electrons. The molecule has 0 aromatic carbocycles. The van der Waals surface area contributed by atoms with Gasteiger partial charge in [0.15, 0.2) is 11.5 Å². The Bertz CT molecular complexity index is 537. The van der Waals surface area contributed by atoms with Gasteiger partial charge in [-0.1, -0.05) is 0 Å². The fourth-order valence-electron chi connectivity index (χ4n) is 1.27. The molecule has 0 amide bonds. The minimum Gasteiger partial charge on any atom is -0.464 e. The molecule has 0 aliphatic carbocycles. The number of methoxy groups -OCH3 is 1. The number of hydrogen-bond acceptors (Lipinski definition) is 5. The van der Waals surface area contributed by atoms with Crippen LogP contribution >= 0.6 is 15.9 Å². The number of hydrogen-bond donors (Lipinski definition) is 1. The van der Waals surface area contributed by atoms with Crippen LogP contribution in [0.4, 0.5) is 5.82 Å². The Kier molecular flexibility index (Phi) is 2.31. The van der Waals surface area contributed by atoms with Crippen molar-refractivity contribution in [2.75, 3.05) is 12.8 Å². The summed E-state index contributed by atoms with van der Waals surface area (Å²) in [5, 5.41) is 3.93. The van der Waals surface area contributed by atoms with Gasteiger partial charge in [-0.2, -0.15) is 5.10 Å². The summed E-state index contributed by atoms with van der Waals surface area (Å²) in [5.74, 6) is -0.180. The van der Waals surface area contributed by atoms with Crippen LogP contribution in [0.1, 0.15) is 10.5 Å². The number of halogens is 1. The van der Waals surface area contributed by atoms with Crippen molar-refractivity contribution in [2.45, 2.75) is 0 Å². The van der Waals surface area contributed by atoms with Crippen molar-refractivity contribution in [1.82, 2.24) is 14.6 Å². The highest BCUT2D eigenvalue weighted by atomic mass is 79.9. The average molecular weight is 271 g/mol. The maximum Gasteiger partial charge on any atom is 0.356 e. The summed E-state index contributed by atoms with van der Waals surface area (Å²) in [6.07, 6.45) is 1.28. The highest BCUT2D eigenvalue weighted by Crippen LogP contribution is 2.25. The third-order valence-corrected chi connectivity index (χ3v) is 2.54. The SMILES string of the molecule is COC(=O)c1cc(Br)c2c(N)ncnn12. The molecule has 0 saturated carbocycles. The van der Waals surface area contributed by atoms with Crippen molar-refractivity contribution >= 4 is 33.2 Å². The normalized spacial score (nSPS) is 10.5. The predicted molar refractivity (Wildman–Crippen MR) is 56.4 cm³/mol. The highest BCUT2D eigenvalue weighted by molar-refractivity contribution is 9.10. The molecule has 2 aromatic heterocycles. The van der Waals surface area contributed by atoms with E-state index in [9.17, 15) is 4.79 Å². The summed E-state index contributed by atoms with van der Waals surface area (Å²) >= 11 is 3.28. The van der Waals surface area contributed by atoms with Gasteiger partial charge >= 0.3 is 5.97 Å². The van der Waals surface area contributed by atoms with Gasteiger partial charge in [0.2, 0.25) is 0 Å². The molecule has 0 radical (unpaired) electrons. The molecule has 0 spiro atoms. The molecule has 0 aliphatic heterocycles. The molecule has 15 heavy (non-hydrogen) atoms. The Balaban J connectivity index is 2.79. The Morgan fingerprint density at radius 3 is 3.07 bits per heavy atom. The van der Waals surface area contributed by atoms with Gasteiger partial charge in [-0.25, -0.2) is 14.3 Å². The standard InChI is InChI=1S/C8H7BrN4O2/c1-15-8(14)5-2-4(9)6-7(10)11-3-12-13(5)6/h2-3H,1H3,(H2,10,11,12). The molecular formula is C8H7BrN4O2. The van der Waals surface area contributed by atoms with E-state index in [1.165, 1.54) is 18.0 Å². The zero-order valence-electron chi connectivity index (χ0n) is 7.77. The lowest BCUT2D eigenvalue weighted by atomic mass is 10.4. The van der Waals surface area contributed by atoms with Gasteiger partial charge in [-0.3, -0.25) is 0 Å². The second-order valence-corrected chi connectivity index (χ2v) is 3.63. The molecule has 2 rings (SSSR count). The second-order valence-electron chi connectivity index (χ2n) is 2.77. The van der Waals surface area contributed by atoms with Crippen molar-refractivity contribution in [3.05, 3.63) is 22.6 Å². The van der Waals surface area contributed by atoms with E-state index in [2.05, 4.69) is 30.7 Å². The number of nitrogens with zero attached hydrogens (tertiary/aromatic N) is 3. The van der Waals surface area contributed by atoms with Crippen molar-refractivity contribution in [3.63, 3.8) is 0 Å². The van der Waals surface area contributed by atoms with Crippen molar-refractivity contribution in [2.24, 2.45) is 0 Å². The van der Waals surface area contributed by atoms with E-state index >= 15 is 0 Å². The average Bonchev–Trinajstić information content (AvgIpc) is 2.56. The van der Waals surface area contributed by atoms with Gasteiger partial charge < -0.3 is 10.5 Å². The predicted octanol–water partition coefficient (Wildman–Crippen LogP) is 0.861. The van der Waals surface area contributed by atoms with Crippen LogP contribution in [0.2, 0.25) is 0 Å². The first-order valence-corrected chi connectivity index (χ1v) is 4.80. The van der Waals surface area contributed by atoms with Gasteiger partial charge in [-0.05, 0) is 22.0 Å². The molecule has 0 fully saturated rings. The van der Waals surface area contributed by atoms with Crippen molar-refractivity contribution in [3.8, 4) is 0 Å². The fourth-order valence-corrected chi connectivity index (χ4v) is 1.86. The van der Waals surface area contributed by atoms with Crippen LogP contribution in [0, 0.1) is 0 Å². The highest BCUT2D eigenvalue weighted by Gasteiger charge is 2.17. The molecule has 2 heterocycles. The lowest BCUT2D eigenvalue weighted by Crippen LogP contribution is -2.08. The second kappa shape index (κ2) is 3.50. The summed E-state index contributed by atoms with van der Waals surface area (Å²) in [6.45, 7) is 0. The lowest BCUT2D eigenvalue weighted by molar-refractivity contribution is 0.0591. The first kappa shape index (κ1) is 9.91. The Hall–Kier alpha value is -1.63. The van der Waals surface area contributed by atoms with Gasteiger partial charge in [0.05, 0.1) is 7.11 Å². The maximum absolute atomic E-state index is 11.4. The molecular weight excluding hydrogens is 264 g/mol. The topological polar surface area (TPSA) is 82.5 Å². The van der Waals surface area contributed by atoms with Gasteiger partial charge in [-0.15, -0.1) is 0 Å². The summed E-state index contributed by atoms with van der Waals surface area (Å²) in [4.78, 5) is 15.2. The first-order valence-electron chi connectivity index (χ1n) is 4.01. The number of rotatable bonds is 1. The van der Waals surface area contributed by atoms with Gasteiger partial charge in [0.25, 0.3) is 0 Å². The number of nitrogens with two attached hydrogens (primary N) is 1. The summed E-state index contributed by atoms with van der Waals surface area (Å²) in [6, 6.07) is 1.59. The molecule has 2 N–H and O–H groups in total. The quantitative estimate of drug-likeness (QED) is 0.778. The maximum atomic E-state index is 11.4. The van der Waals surface area contributed by atoms with E-state index in [0.717, 1.165) is 0 Å². The van der Waals surface area contributed by atoms with Crippen molar-refractivity contribution < 1.29 is 9.53 Å². The van der Waals surface area contributed by atoms with Crippen LogP contribution in [0.5, 0.6) is 0 Å². The monoisotopic (exact) mass is 270 g/mol. The molecule has 0 saturated heterocycles. The van der Waals surface area contributed by atoms with Crippen LogP contribution in [0.15, 0.2) is 16.9 Å². The van der Waals surface area contributed by atoms with E-state index in [1.807, 2.05) is 0 Å². The molecule has 2 aromatic rings. The Labute approximate surface area is 93.2 Å². The third-order valence-electron chi connectivity index (χ3n) is 1.93. The van der Waals surface area contributed by atoms with Crippen LogP contribution in [0.25, 0.3) is 5.52 Å². The minimum atomic E-state index is -0.478. The Morgan fingerprint density at radius 2 is 2.40 bits per heavy atom. The molecule has 6 nitrogen and oxygen atoms in total. The van der Waals surface area contributed by atoms with Gasteiger partial charge in [0.1, 0.15) is 11.8 Å². The number of carbonyl (C=O) groups excluding carboxylic acids is 1. The smallest absolute Gasteiger partial charge is 0.356 e. The van der Waals surface area contributed by atoms with Gasteiger partial charge in [0, 0.05) is 4.47 Å². The number of fused-ring (bicyclic) bond motifs is 1. The number of anilines is 1. The number of nitrogen functional groups attached to an aromatic ring is 1. The minimum absolute atomic E-state index is 0.298. The van der Waals surface area contributed by atoms with E-state index in [1.54, 1.807) is 6.07 Å². The Morgan fingerprint density at radius 1 is 1.67 bits per heavy atom. The molecule has 0 aliphatic rings. The largest absolute Gasteiger partial charge is 0.464 e.